The molecule has 0 aromatic heterocycles. The van der Waals surface area contributed by atoms with Crippen molar-refractivity contribution in [3.63, 3.8) is 0 Å². The average Bonchev–Trinajstić information content (AvgIpc) is 2.67. The first-order valence-electron chi connectivity index (χ1n) is 8.05. The molecule has 0 saturated heterocycles. The Morgan fingerprint density at radius 3 is 1.79 bits per heavy atom. The number of anilines is 2. The summed E-state index contributed by atoms with van der Waals surface area (Å²) in [7, 11) is 0. The standard InChI is InChI=1S/C22H16N2O4/c1-3-13-9-16(27-14-5-7-20(25)18(23)10-14)12-22(17(13)4-2)28-15-6-8-21(26)19(24)11-15/h1-2,5-12,25-26H,23-24H2. The predicted molar refractivity (Wildman–Crippen MR) is 107 cm³/mol. The van der Waals surface area contributed by atoms with E-state index in [1.165, 1.54) is 30.3 Å². The molecule has 0 aliphatic heterocycles. The number of nitrogen functional groups attached to an aromatic ring is 2. The zero-order valence-electron chi connectivity index (χ0n) is 14.6. The maximum absolute atomic E-state index is 9.56. The van der Waals surface area contributed by atoms with Gasteiger partial charge >= 0.3 is 0 Å². The first-order chi connectivity index (χ1) is 13.4. The van der Waals surface area contributed by atoms with E-state index in [0.717, 1.165) is 0 Å². The highest BCUT2D eigenvalue weighted by Crippen LogP contribution is 2.36. The van der Waals surface area contributed by atoms with Crippen molar-refractivity contribution in [1.29, 1.82) is 0 Å². The third-order valence-electron chi connectivity index (χ3n) is 3.84. The number of rotatable bonds is 4. The minimum atomic E-state index is -0.0594. The quantitative estimate of drug-likeness (QED) is 0.315. The Morgan fingerprint density at radius 2 is 1.29 bits per heavy atom. The molecular weight excluding hydrogens is 356 g/mol. The Kier molecular flexibility index (Phi) is 4.89. The van der Waals surface area contributed by atoms with Crippen LogP contribution >= 0.6 is 0 Å². The minimum Gasteiger partial charge on any atom is -0.506 e. The second kappa shape index (κ2) is 7.45. The van der Waals surface area contributed by atoms with Gasteiger partial charge < -0.3 is 31.2 Å². The molecule has 3 rings (SSSR count). The van der Waals surface area contributed by atoms with E-state index in [1.807, 2.05) is 0 Å². The first-order valence-corrected chi connectivity index (χ1v) is 8.05. The van der Waals surface area contributed by atoms with Crippen LogP contribution in [0, 0.1) is 24.7 Å². The molecule has 0 aliphatic carbocycles. The average molecular weight is 372 g/mol. The number of hydrogen-bond acceptors (Lipinski definition) is 6. The van der Waals surface area contributed by atoms with Crippen LogP contribution in [0.4, 0.5) is 11.4 Å². The summed E-state index contributed by atoms with van der Waals surface area (Å²) < 4.78 is 11.6. The molecule has 0 bridgehead atoms. The third kappa shape index (κ3) is 3.72. The van der Waals surface area contributed by atoms with Crippen LogP contribution in [0.15, 0.2) is 48.5 Å². The number of terminal acetylenes is 2. The molecule has 0 amide bonds. The molecule has 6 heteroatoms. The number of phenols is 2. The van der Waals surface area contributed by atoms with Crippen LogP contribution in [-0.4, -0.2) is 10.2 Å². The third-order valence-corrected chi connectivity index (χ3v) is 3.84. The lowest BCUT2D eigenvalue weighted by Gasteiger charge is -2.14. The van der Waals surface area contributed by atoms with Gasteiger partial charge in [0.05, 0.1) is 16.9 Å². The lowest BCUT2D eigenvalue weighted by Crippen LogP contribution is -1.96. The summed E-state index contributed by atoms with van der Waals surface area (Å²) in [4.78, 5) is 0. The fourth-order valence-electron chi connectivity index (χ4n) is 2.45. The fraction of sp³-hybridized carbons (Fsp3) is 0. The van der Waals surface area contributed by atoms with Crippen LogP contribution in [0.3, 0.4) is 0 Å². The highest BCUT2D eigenvalue weighted by atomic mass is 16.5. The van der Waals surface area contributed by atoms with Gasteiger partial charge in [0.25, 0.3) is 0 Å². The number of nitrogens with two attached hydrogens (primary N) is 2. The molecule has 0 fully saturated rings. The van der Waals surface area contributed by atoms with Gasteiger partial charge in [-0.15, -0.1) is 12.8 Å². The largest absolute Gasteiger partial charge is 0.506 e. The van der Waals surface area contributed by atoms with Crippen LogP contribution < -0.4 is 20.9 Å². The van der Waals surface area contributed by atoms with Crippen molar-refractivity contribution >= 4 is 11.4 Å². The number of phenolic OH excluding ortho intramolecular Hbond substituents is 2. The van der Waals surface area contributed by atoms with Crippen LogP contribution in [0.2, 0.25) is 0 Å². The zero-order chi connectivity index (χ0) is 20.3. The second-order valence-corrected chi connectivity index (χ2v) is 5.78. The zero-order valence-corrected chi connectivity index (χ0v) is 14.6. The van der Waals surface area contributed by atoms with Crippen LogP contribution in [0.25, 0.3) is 0 Å². The molecule has 0 saturated carbocycles. The molecule has 0 unspecified atom stereocenters. The predicted octanol–water partition coefficient (Wildman–Crippen LogP) is 3.81. The molecule has 0 atom stereocenters. The van der Waals surface area contributed by atoms with Gasteiger partial charge in [-0.05, 0) is 30.3 Å². The Hall–Kier alpha value is -4.42. The summed E-state index contributed by atoms with van der Waals surface area (Å²) in [6, 6.07) is 12.0. The SMILES string of the molecule is C#Cc1cc(Oc2ccc(O)c(N)c2)cc(Oc2ccc(O)c(N)c2)c1C#C. The van der Waals surface area contributed by atoms with Crippen molar-refractivity contribution in [3.8, 4) is 59.2 Å². The summed E-state index contributed by atoms with van der Waals surface area (Å²) in [5.41, 5.74) is 12.5. The lowest BCUT2D eigenvalue weighted by atomic mass is 10.1. The topological polar surface area (TPSA) is 111 Å². The van der Waals surface area contributed by atoms with Crippen molar-refractivity contribution in [3.05, 3.63) is 59.7 Å². The van der Waals surface area contributed by atoms with Gasteiger partial charge in [0, 0.05) is 23.8 Å². The summed E-state index contributed by atoms with van der Waals surface area (Å²) in [6.07, 6.45) is 11.2. The maximum Gasteiger partial charge on any atom is 0.148 e. The van der Waals surface area contributed by atoms with Crippen molar-refractivity contribution in [2.75, 3.05) is 11.5 Å². The molecule has 28 heavy (non-hydrogen) atoms. The van der Waals surface area contributed by atoms with E-state index in [9.17, 15) is 10.2 Å². The van der Waals surface area contributed by atoms with Gasteiger partial charge in [0.2, 0.25) is 0 Å². The van der Waals surface area contributed by atoms with Crippen molar-refractivity contribution in [1.82, 2.24) is 0 Å². The van der Waals surface area contributed by atoms with Gasteiger partial charge in [-0.1, -0.05) is 11.8 Å². The monoisotopic (exact) mass is 372 g/mol. The first kappa shape index (κ1) is 18.4. The number of ether oxygens (including phenoxy) is 2. The fourth-order valence-corrected chi connectivity index (χ4v) is 2.45. The number of benzene rings is 3. The van der Waals surface area contributed by atoms with Crippen LogP contribution in [0.1, 0.15) is 11.1 Å². The van der Waals surface area contributed by atoms with E-state index in [0.29, 0.717) is 28.4 Å². The van der Waals surface area contributed by atoms with Crippen molar-refractivity contribution in [2.24, 2.45) is 0 Å². The van der Waals surface area contributed by atoms with Gasteiger partial charge in [-0.3, -0.25) is 0 Å². The van der Waals surface area contributed by atoms with Crippen molar-refractivity contribution in [2.45, 2.75) is 0 Å². The summed E-state index contributed by atoms with van der Waals surface area (Å²) >= 11 is 0. The highest BCUT2D eigenvalue weighted by molar-refractivity contribution is 5.63. The van der Waals surface area contributed by atoms with E-state index in [1.54, 1.807) is 18.2 Å². The molecule has 3 aromatic rings. The Labute approximate surface area is 161 Å². The van der Waals surface area contributed by atoms with Gasteiger partial charge in [0.1, 0.15) is 34.5 Å². The van der Waals surface area contributed by atoms with Crippen molar-refractivity contribution < 1.29 is 19.7 Å². The van der Waals surface area contributed by atoms with Gasteiger partial charge in [-0.25, -0.2) is 0 Å². The second-order valence-electron chi connectivity index (χ2n) is 5.78. The van der Waals surface area contributed by atoms with E-state index in [2.05, 4.69) is 11.8 Å². The highest BCUT2D eigenvalue weighted by Gasteiger charge is 2.13. The summed E-state index contributed by atoms with van der Waals surface area (Å²) in [5.74, 6) is 6.31. The van der Waals surface area contributed by atoms with Crippen LogP contribution in [-0.2, 0) is 0 Å². The Bertz CT molecular complexity index is 1140. The maximum atomic E-state index is 9.56. The molecule has 0 heterocycles. The van der Waals surface area contributed by atoms with Gasteiger partial charge in [0.15, 0.2) is 0 Å². The van der Waals surface area contributed by atoms with Crippen LogP contribution in [0.5, 0.6) is 34.5 Å². The smallest absolute Gasteiger partial charge is 0.148 e. The molecule has 138 valence electrons. The van der Waals surface area contributed by atoms with Gasteiger partial charge in [-0.2, -0.15) is 0 Å². The lowest BCUT2D eigenvalue weighted by molar-refractivity contribution is 0.452. The molecule has 6 nitrogen and oxygen atoms in total. The summed E-state index contributed by atoms with van der Waals surface area (Å²) in [6.45, 7) is 0. The normalized spacial score (nSPS) is 9.93. The number of hydrogen-bond donors (Lipinski definition) is 4. The van der Waals surface area contributed by atoms with E-state index < -0.39 is 0 Å². The molecule has 0 radical (unpaired) electrons. The van der Waals surface area contributed by atoms with E-state index in [-0.39, 0.29) is 28.6 Å². The molecule has 6 N–H and O–H groups in total. The van der Waals surface area contributed by atoms with E-state index >= 15 is 0 Å². The van der Waals surface area contributed by atoms with E-state index in [4.69, 9.17) is 33.8 Å². The Balaban J connectivity index is 2.01. The molecule has 0 spiro atoms. The summed E-state index contributed by atoms with van der Waals surface area (Å²) in [5, 5.41) is 19.1. The molecule has 3 aromatic carbocycles. The minimum absolute atomic E-state index is 0.0479. The Morgan fingerprint density at radius 1 is 0.714 bits per heavy atom. The number of aromatic hydroxyl groups is 2. The molecule has 0 aliphatic rings. The molecular formula is C22H16N2O4.